The van der Waals surface area contributed by atoms with Gasteiger partial charge in [0.25, 0.3) is 0 Å². The van der Waals surface area contributed by atoms with Crippen LogP contribution in [0, 0.1) is 10.1 Å². The highest BCUT2D eigenvalue weighted by Crippen LogP contribution is 2.29. The van der Waals surface area contributed by atoms with Gasteiger partial charge in [-0.3, -0.25) is 4.79 Å². The number of amides is 1. The summed E-state index contributed by atoms with van der Waals surface area (Å²) in [6, 6.07) is 4.13. The molecule has 2 aromatic rings. The molecule has 1 atom stereocenters. The highest BCUT2D eigenvalue weighted by molar-refractivity contribution is 5.76. The number of halogens is 3. The fraction of sp³-hybridized carbons (Fsp3) is 0.400. The van der Waals surface area contributed by atoms with Gasteiger partial charge in [-0.1, -0.05) is 17.1 Å². The molecule has 0 aliphatic rings. The highest BCUT2D eigenvalue weighted by Gasteiger charge is 2.30. The van der Waals surface area contributed by atoms with Crippen LogP contribution in [0.15, 0.2) is 30.6 Å². The number of nitrogens with zero attached hydrogens (tertiary/aromatic N) is 4. The number of alkyl halides is 3. The summed E-state index contributed by atoms with van der Waals surface area (Å²) in [5.74, 6) is -0.794. The number of hydrogen-bond acceptors (Lipinski definition) is 5. The molecule has 1 unspecified atom stereocenters. The number of carbonyl (C=O) groups is 1. The van der Waals surface area contributed by atoms with E-state index in [4.69, 9.17) is 0 Å². The number of aryl methyl sites for hydroxylation is 1. The van der Waals surface area contributed by atoms with Crippen molar-refractivity contribution in [3.05, 3.63) is 51.8 Å². The van der Waals surface area contributed by atoms with Crippen LogP contribution in [0.4, 0.5) is 19.1 Å². The van der Waals surface area contributed by atoms with Crippen molar-refractivity contribution in [2.75, 3.05) is 0 Å². The zero-order valence-electron chi connectivity index (χ0n) is 13.7. The molecule has 0 fully saturated rings. The standard InChI is InChI=1S/C15H16F3N5O3/c1-10(11-4-6-12(7-5-11)15(16,17)18)20-13(24)3-2-8-22-9-19-14(21-22)23(25)26/h4-7,9-10H,2-3,8H2,1H3,(H,20,24). The Bertz CT molecular complexity index is 774. The summed E-state index contributed by atoms with van der Waals surface area (Å²) in [6.07, 6.45) is -2.67. The summed E-state index contributed by atoms with van der Waals surface area (Å²) in [5.41, 5.74) is -0.194. The molecule has 1 N–H and O–H groups in total. The molecule has 0 radical (unpaired) electrons. The van der Waals surface area contributed by atoms with E-state index >= 15 is 0 Å². The van der Waals surface area contributed by atoms with Crippen molar-refractivity contribution in [3.8, 4) is 0 Å². The minimum atomic E-state index is -4.40. The van der Waals surface area contributed by atoms with Crippen molar-refractivity contribution >= 4 is 11.9 Å². The second-order valence-electron chi connectivity index (χ2n) is 5.58. The Hall–Kier alpha value is -2.98. The van der Waals surface area contributed by atoms with Gasteiger partial charge in [0, 0.05) is 11.5 Å². The van der Waals surface area contributed by atoms with Crippen LogP contribution in [0.5, 0.6) is 0 Å². The highest BCUT2D eigenvalue weighted by atomic mass is 19.4. The molecule has 8 nitrogen and oxygen atoms in total. The molecule has 1 aromatic heterocycles. The van der Waals surface area contributed by atoms with E-state index in [0.29, 0.717) is 12.0 Å². The Morgan fingerprint density at radius 3 is 2.54 bits per heavy atom. The van der Waals surface area contributed by atoms with Crippen LogP contribution in [0.3, 0.4) is 0 Å². The molecule has 0 spiro atoms. The van der Waals surface area contributed by atoms with Crippen LogP contribution < -0.4 is 5.32 Å². The normalized spacial score (nSPS) is 12.6. The quantitative estimate of drug-likeness (QED) is 0.595. The van der Waals surface area contributed by atoms with Crippen LogP contribution >= 0.6 is 0 Å². The maximum atomic E-state index is 12.5. The fourth-order valence-electron chi connectivity index (χ4n) is 2.24. The maximum Gasteiger partial charge on any atom is 0.490 e. The van der Waals surface area contributed by atoms with Gasteiger partial charge in [-0.05, 0) is 36.0 Å². The number of hydrogen-bond donors (Lipinski definition) is 1. The van der Waals surface area contributed by atoms with Gasteiger partial charge in [0.15, 0.2) is 0 Å². The molecule has 0 aliphatic heterocycles. The third kappa shape index (κ3) is 5.26. The predicted molar refractivity (Wildman–Crippen MR) is 83.9 cm³/mol. The molecule has 0 bridgehead atoms. The SMILES string of the molecule is CC(NC(=O)CCCn1cnc([N+](=O)[O-])n1)c1ccc(C(F)(F)F)cc1. The summed E-state index contributed by atoms with van der Waals surface area (Å²) >= 11 is 0. The van der Waals surface area contributed by atoms with Gasteiger partial charge in [0.1, 0.15) is 0 Å². The average molecular weight is 371 g/mol. The first-order valence-corrected chi connectivity index (χ1v) is 7.67. The van der Waals surface area contributed by atoms with E-state index in [-0.39, 0.29) is 18.9 Å². The Balaban J connectivity index is 1.80. The first kappa shape index (κ1) is 19.3. The molecule has 1 heterocycles. The van der Waals surface area contributed by atoms with Crippen LogP contribution in [0.1, 0.15) is 36.9 Å². The van der Waals surface area contributed by atoms with Crippen LogP contribution in [0.2, 0.25) is 0 Å². The number of carbonyl (C=O) groups excluding carboxylic acids is 1. The molecule has 1 aromatic carbocycles. The lowest BCUT2D eigenvalue weighted by Gasteiger charge is -2.15. The Morgan fingerprint density at radius 2 is 2.00 bits per heavy atom. The number of nitrogens with one attached hydrogen (secondary N) is 1. The van der Waals surface area contributed by atoms with Crippen LogP contribution in [-0.2, 0) is 17.5 Å². The van der Waals surface area contributed by atoms with Gasteiger partial charge < -0.3 is 15.4 Å². The lowest BCUT2D eigenvalue weighted by atomic mass is 10.1. The topological polar surface area (TPSA) is 103 Å². The molecular formula is C15H16F3N5O3. The first-order valence-electron chi connectivity index (χ1n) is 7.67. The Morgan fingerprint density at radius 1 is 1.35 bits per heavy atom. The van der Waals surface area contributed by atoms with E-state index in [2.05, 4.69) is 15.4 Å². The van der Waals surface area contributed by atoms with E-state index < -0.39 is 28.7 Å². The minimum absolute atomic E-state index is 0.138. The summed E-state index contributed by atoms with van der Waals surface area (Å²) in [5, 5.41) is 16.8. The van der Waals surface area contributed by atoms with Gasteiger partial charge in [-0.2, -0.15) is 17.9 Å². The number of aromatic nitrogens is 3. The molecule has 140 valence electrons. The third-order valence-electron chi connectivity index (χ3n) is 3.59. The Labute approximate surface area is 146 Å². The number of rotatable bonds is 7. The third-order valence-corrected chi connectivity index (χ3v) is 3.59. The van der Waals surface area contributed by atoms with Crippen molar-refractivity contribution in [2.45, 2.75) is 38.5 Å². The smallest absolute Gasteiger partial charge is 0.390 e. The van der Waals surface area contributed by atoms with E-state index in [9.17, 15) is 28.1 Å². The van der Waals surface area contributed by atoms with E-state index in [1.807, 2.05) is 0 Å². The molecular weight excluding hydrogens is 355 g/mol. The van der Waals surface area contributed by atoms with Crippen molar-refractivity contribution < 1.29 is 22.9 Å². The second kappa shape index (κ2) is 7.93. The van der Waals surface area contributed by atoms with Gasteiger partial charge in [-0.25, -0.2) is 0 Å². The molecule has 11 heteroatoms. The van der Waals surface area contributed by atoms with Crippen molar-refractivity contribution in [3.63, 3.8) is 0 Å². The van der Waals surface area contributed by atoms with Crippen molar-refractivity contribution in [2.24, 2.45) is 0 Å². The van der Waals surface area contributed by atoms with Gasteiger partial charge in [0.05, 0.1) is 18.2 Å². The first-order chi connectivity index (χ1) is 12.2. The van der Waals surface area contributed by atoms with E-state index in [1.54, 1.807) is 6.92 Å². The lowest BCUT2D eigenvalue weighted by molar-refractivity contribution is -0.394. The molecule has 0 saturated carbocycles. The van der Waals surface area contributed by atoms with E-state index in [0.717, 1.165) is 12.1 Å². The molecule has 0 saturated heterocycles. The number of benzene rings is 1. The summed E-state index contributed by atoms with van der Waals surface area (Å²) in [4.78, 5) is 25.2. The second-order valence-corrected chi connectivity index (χ2v) is 5.58. The molecule has 1 amide bonds. The predicted octanol–water partition coefficient (Wildman–Crippen LogP) is 2.86. The van der Waals surface area contributed by atoms with Crippen LogP contribution in [-0.4, -0.2) is 25.6 Å². The average Bonchev–Trinajstić information content (AvgIpc) is 3.03. The van der Waals surface area contributed by atoms with Gasteiger partial charge >= 0.3 is 12.1 Å². The van der Waals surface area contributed by atoms with E-state index in [1.165, 1.54) is 23.1 Å². The molecule has 26 heavy (non-hydrogen) atoms. The monoisotopic (exact) mass is 371 g/mol. The zero-order chi connectivity index (χ0) is 19.3. The largest absolute Gasteiger partial charge is 0.490 e. The van der Waals surface area contributed by atoms with Gasteiger partial charge in [-0.15, -0.1) is 0 Å². The lowest BCUT2D eigenvalue weighted by Crippen LogP contribution is -2.26. The fourth-order valence-corrected chi connectivity index (χ4v) is 2.24. The van der Waals surface area contributed by atoms with Crippen LogP contribution in [0.25, 0.3) is 0 Å². The summed E-state index contributed by atoms with van der Waals surface area (Å²) < 4.78 is 38.9. The molecule has 0 aliphatic carbocycles. The van der Waals surface area contributed by atoms with Gasteiger partial charge in [0.2, 0.25) is 12.2 Å². The summed E-state index contributed by atoms with van der Waals surface area (Å²) in [6.45, 7) is 1.95. The molecule has 2 rings (SSSR count). The zero-order valence-corrected chi connectivity index (χ0v) is 13.7. The number of nitro groups is 1. The van der Waals surface area contributed by atoms with Crippen molar-refractivity contribution in [1.29, 1.82) is 0 Å². The Kier molecular flexibility index (Phi) is 5.90. The maximum absolute atomic E-state index is 12.5. The van der Waals surface area contributed by atoms with Crippen molar-refractivity contribution in [1.82, 2.24) is 20.1 Å². The minimum Gasteiger partial charge on any atom is -0.390 e. The summed E-state index contributed by atoms with van der Waals surface area (Å²) in [7, 11) is 0.